The van der Waals surface area contributed by atoms with Crippen LogP contribution in [0.5, 0.6) is 5.75 Å². The van der Waals surface area contributed by atoms with Gasteiger partial charge in [0.1, 0.15) is 12.1 Å². The first-order valence-corrected chi connectivity index (χ1v) is 16.8. The predicted molar refractivity (Wildman–Crippen MR) is 169 cm³/mol. The zero-order valence-corrected chi connectivity index (χ0v) is 26.2. The number of benzene rings is 2. The van der Waals surface area contributed by atoms with Crippen LogP contribution in [0.1, 0.15) is 78.4 Å². The number of aromatic nitrogens is 2. The molecule has 2 aromatic carbocycles. The van der Waals surface area contributed by atoms with E-state index in [0.717, 1.165) is 34.1 Å². The normalized spacial score (nSPS) is 18.8. The molecule has 2 heterocycles. The minimum atomic E-state index is -3.72. The number of nitrogens with one attached hydrogen (secondary N) is 1. The van der Waals surface area contributed by atoms with Crippen LogP contribution in [0.2, 0.25) is 0 Å². The van der Waals surface area contributed by atoms with Crippen LogP contribution < -0.4 is 20.1 Å². The number of carbonyl (C=O) groups is 2. The van der Waals surface area contributed by atoms with Gasteiger partial charge in [-0.1, -0.05) is 37.5 Å². The molecular weight excluding hydrogens is 580 g/mol. The highest BCUT2D eigenvalue weighted by Gasteiger charge is 2.44. The van der Waals surface area contributed by atoms with Gasteiger partial charge in [-0.3, -0.25) is 14.2 Å². The molecule has 2 atom stereocenters. The van der Waals surface area contributed by atoms with Gasteiger partial charge in [0.25, 0.3) is 16.1 Å². The van der Waals surface area contributed by atoms with Crippen molar-refractivity contribution in [3.05, 3.63) is 77.9 Å². The van der Waals surface area contributed by atoms with Gasteiger partial charge in [0.2, 0.25) is 5.91 Å². The van der Waals surface area contributed by atoms with Crippen LogP contribution in [-0.2, 0) is 15.0 Å². The van der Waals surface area contributed by atoms with Crippen LogP contribution >= 0.6 is 0 Å². The van der Waals surface area contributed by atoms with Crippen LogP contribution in [0.4, 0.5) is 5.69 Å². The van der Waals surface area contributed by atoms with Crippen LogP contribution in [0.3, 0.4) is 0 Å². The largest absolute Gasteiger partial charge is 0.497 e. The fourth-order valence-corrected chi connectivity index (χ4v) is 7.04. The number of carbonyl (C=O) groups excluding carboxylic acids is 2. The Bertz CT molecular complexity index is 1540. The zero-order chi connectivity index (χ0) is 31.3. The molecule has 1 aromatic heterocycles. The summed E-state index contributed by atoms with van der Waals surface area (Å²) in [7, 11) is -0.640. The summed E-state index contributed by atoms with van der Waals surface area (Å²) in [4.78, 5) is 33.0. The molecule has 3 aromatic rings. The third-order valence-electron chi connectivity index (χ3n) is 8.95. The maximum absolute atomic E-state index is 13.5. The van der Waals surface area contributed by atoms with Crippen molar-refractivity contribution in [1.82, 2.24) is 19.2 Å². The maximum atomic E-state index is 13.5. The first-order valence-electron chi connectivity index (χ1n) is 15.3. The Hall–Kier alpha value is -3.74. The van der Waals surface area contributed by atoms with Crippen LogP contribution in [0.25, 0.3) is 0 Å². The molecule has 0 radical (unpaired) electrons. The van der Waals surface area contributed by atoms with E-state index in [2.05, 4.69) is 33.4 Å². The number of unbranched alkanes of at least 4 members (excludes halogenated alkanes) is 1. The van der Waals surface area contributed by atoms with Crippen molar-refractivity contribution < 1.29 is 22.7 Å². The van der Waals surface area contributed by atoms with E-state index in [1.165, 1.54) is 42.8 Å². The average molecular weight is 623 g/mol. The number of fused-ring (bicyclic) bond motifs is 1. The summed E-state index contributed by atoms with van der Waals surface area (Å²) in [5.74, 6) is 1.07. The van der Waals surface area contributed by atoms with Gasteiger partial charge in [0.05, 0.1) is 19.7 Å². The lowest BCUT2D eigenvalue weighted by atomic mass is 9.73. The topological polar surface area (TPSA) is 140 Å². The van der Waals surface area contributed by atoms with Crippen LogP contribution in [0.15, 0.2) is 61.2 Å². The quantitative estimate of drug-likeness (QED) is 0.293. The Balaban J connectivity index is 1.43. The van der Waals surface area contributed by atoms with Crippen molar-refractivity contribution in [2.45, 2.75) is 56.9 Å². The van der Waals surface area contributed by atoms with Crippen molar-refractivity contribution in [1.29, 1.82) is 0 Å². The number of nitrogens with zero attached hydrogens (tertiary/aromatic N) is 4. The summed E-state index contributed by atoms with van der Waals surface area (Å²) in [6, 6.07) is 13.9. The molecule has 11 nitrogen and oxygen atoms in total. The number of nitrogens with two attached hydrogens (primary N) is 1. The van der Waals surface area contributed by atoms with Crippen LogP contribution in [0, 0.1) is 5.92 Å². The Kier molecular flexibility index (Phi) is 10.0. The highest BCUT2D eigenvalue weighted by atomic mass is 32.2. The fraction of sp³-hybridized carbons (Fsp3) is 0.469. The monoisotopic (exact) mass is 622 g/mol. The third kappa shape index (κ3) is 7.14. The standard InChI is InChI=1S/C32H42N6O5S/c1-36(44(33,41)42)18-7-6-16-35-29(39)21-38-28-20-25(32(40)37-19-17-34-22-37)12-15-27(28)30(23-8-4-3-5-9-23)31(38)24-10-13-26(43-2)14-11-24/h10-15,17,19-20,22-23,30-31H,3-9,16,18,21H2,1-2H3,(H,35,39)(H2,33,41,42). The van der Waals surface area contributed by atoms with E-state index in [0.29, 0.717) is 30.9 Å². The molecule has 236 valence electrons. The molecule has 44 heavy (non-hydrogen) atoms. The van der Waals surface area contributed by atoms with Crippen LogP contribution in [-0.4, -0.2) is 67.9 Å². The molecular formula is C32H42N6O5S. The molecule has 1 fully saturated rings. The van der Waals surface area contributed by atoms with E-state index in [1.807, 2.05) is 24.3 Å². The van der Waals surface area contributed by atoms with E-state index in [4.69, 9.17) is 9.88 Å². The second-order valence-corrected chi connectivity index (χ2v) is 13.4. The molecule has 0 bridgehead atoms. The molecule has 0 spiro atoms. The summed E-state index contributed by atoms with van der Waals surface area (Å²) in [5.41, 5.74) is 3.69. The molecule has 2 aliphatic rings. The summed E-state index contributed by atoms with van der Waals surface area (Å²) in [6.45, 7) is 0.813. The SMILES string of the molecule is COc1ccc(C2C(C3CCCCC3)c3ccc(C(=O)n4ccnc4)cc3N2CC(=O)NCCCCN(C)S(N)(=O)=O)cc1. The van der Waals surface area contributed by atoms with Gasteiger partial charge in [-0.15, -0.1) is 0 Å². The Morgan fingerprint density at radius 1 is 1.09 bits per heavy atom. The molecule has 3 N–H and O–H groups in total. The average Bonchev–Trinajstić information content (AvgIpc) is 3.67. The van der Waals surface area contributed by atoms with Gasteiger partial charge in [0.15, 0.2) is 0 Å². The van der Waals surface area contributed by atoms with Gasteiger partial charge in [-0.05, 0) is 67.0 Å². The highest BCUT2D eigenvalue weighted by molar-refractivity contribution is 7.86. The summed E-state index contributed by atoms with van der Waals surface area (Å²) in [5, 5.41) is 8.18. The number of rotatable bonds is 12. The number of imidazole rings is 1. The van der Waals surface area contributed by atoms with Gasteiger partial charge >= 0.3 is 0 Å². The summed E-state index contributed by atoms with van der Waals surface area (Å²) < 4.78 is 30.9. The highest BCUT2D eigenvalue weighted by Crippen LogP contribution is 2.55. The van der Waals surface area contributed by atoms with Crippen molar-refractivity contribution in [3.8, 4) is 5.75 Å². The van der Waals surface area contributed by atoms with Crippen molar-refractivity contribution >= 4 is 27.7 Å². The lowest BCUT2D eigenvalue weighted by molar-refractivity contribution is -0.119. The fourth-order valence-electron chi connectivity index (χ4n) is 6.65. The number of methoxy groups -OCH3 is 1. The van der Waals surface area contributed by atoms with E-state index in [-0.39, 0.29) is 36.9 Å². The molecule has 0 saturated heterocycles. The first-order chi connectivity index (χ1) is 21.2. The van der Waals surface area contributed by atoms with E-state index < -0.39 is 10.2 Å². The number of amides is 1. The van der Waals surface area contributed by atoms with Gasteiger partial charge in [-0.2, -0.15) is 12.7 Å². The second kappa shape index (κ2) is 13.9. The van der Waals surface area contributed by atoms with Gasteiger partial charge in [0, 0.05) is 49.7 Å². The molecule has 1 amide bonds. The van der Waals surface area contributed by atoms with E-state index >= 15 is 0 Å². The van der Waals surface area contributed by atoms with E-state index in [1.54, 1.807) is 19.5 Å². The van der Waals surface area contributed by atoms with Crippen molar-refractivity contribution in [3.63, 3.8) is 0 Å². The Morgan fingerprint density at radius 3 is 2.50 bits per heavy atom. The molecule has 5 rings (SSSR count). The number of anilines is 1. The van der Waals surface area contributed by atoms with Crippen molar-refractivity contribution in [2.75, 3.05) is 38.7 Å². The lowest BCUT2D eigenvalue weighted by Gasteiger charge is -2.36. The number of ether oxygens (including phenoxy) is 1. The maximum Gasteiger partial charge on any atom is 0.276 e. The van der Waals surface area contributed by atoms with Gasteiger partial charge in [-0.25, -0.2) is 10.1 Å². The Labute approximate surface area is 259 Å². The van der Waals surface area contributed by atoms with Crippen molar-refractivity contribution in [2.24, 2.45) is 11.1 Å². The second-order valence-electron chi connectivity index (χ2n) is 11.7. The molecule has 1 aliphatic heterocycles. The first kappa shape index (κ1) is 31.7. The Morgan fingerprint density at radius 2 is 1.84 bits per heavy atom. The van der Waals surface area contributed by atoms with Gasteiger partial charge < -0.3 is 15.0 Å². The molecule has 1 saturated carbocycles. The molecule has 2 unspecified atom stereocenters. The number of hydrogen-bond acceptors (Lipinski definition) is 7. The minimum Gasteiger partial charge on any atom is -0.497 e. The lowest BCUT2D eigenvalue weighted by Crippen LogP contribution is -2.40. The molecule has 1 aliphatic carbocycles. The zero-order valence-electron chi connectivity index (χ0n) is 25.4. The third-order valence-corrected chi connectivity index (χ3v) is 10.00. The van der Waals surface area contributed by atoms with E-state index in [9.17, 15) is 18.0 Å². The molecule has 12 heteroatoms. The summed E-state index contributed by atoms with van der Waals surface area (Å²) in [6.07, 6.45) is 11.7. The smallest absolute Gasteiger partial charge is 0.276 e. The number of hydrogen-bond donors (Lipinski definition) is 2. The predicted octanol–water partition coefficient (Wildman–Crippen LogP) is 3.84. The summed E-state index contributed by atoms with van der Waals surface area (Å²) >= 11 is 0. The minimum absolute atomic E-state index is 0.0910.